The molecule has 0 aliphatic carbocycles. The molecule has 1 aromatic rings. The van der Waals surface area contributed by atoms with E-state index in [4.69, 9.17) is 4.74 Å². The van der Waals surface area contributed by atoms with E-state index in [9.17, 15) is 8.42 Å². The van der Waals surface area contributed by atoms with Gasteiger partial charge in [0, 0.05) is 24.3 Å². The molecule has 0 radical (unpaired) electrons. The first-order chi connectivity index (χ1) is 7.48. The second kappa shape index (κ2) is 5.95. The average Bonchev–Trinajstić information content (AvgIpc) is 2.26. The summed E-state index contributed by atoms with van der Waals surface area (Å²) in [4.78, 5) is 0.312. The molecule has 4 nitrogen and oxygen atoms in total. The van der Waals surface area contributed by atoms with Crippen molar-refractivity contribution in [2.45, 2.75) is 4.90 Å². The number of rotatable bonds is 5. The number of ether oxygens (including phenoxy) is 1. The van der Waals surface area contributed by atoms with Crippen LogP contribution in [-0.2, 0) is 14.8 Å². The van der Waals surface area contributed by atoms with E-state index >= 15 is 0 Å². The van der Waals surface area contributed by atoms with Crippen molar-refractivity contribution in [3.63, 3.8) is 0 Å². The summed E-state index contributed by atoms with van der Waals surface area (Å²) in [5, 5.41) is 0. The van der Waals surface area contributed by atoms with Crippen molar-refractivity contribution >= 4 is 32.6 Å². The zero-order valence-electron chi connectivity index (χ0n) is 9.18. The monoisotopic (exact) mass is 355 g/mol. The third-order valence-corrected chi connectivity index (χ3v) is 4.72. The number of halogens is 1. The van der Waals surface area contributed by atoms with Gasteiger partial charge in [-0.25, -0.2) is 8.42 Å². The van der Waals surface area contributed by atoms with Gasteiger partial charge in [-0.15, -0.1) is 0 Å². The van der Waals surface area contributed by atoms with Crippen molar-refractivity contribution in [1.29, 1.82) is 0 Å². The van der Waals surface area contributed by atoms with Gasteiger partial charge in [-0.1, -0.05) is 0 Å². The van der Waals surface area contributed by atoms with Gasteiger partial charge in [-0.05, 0) is 46.9 Å². The lowest BCUT2D eigenvalue weighted by atomic mass is 10.4. The van der Waals surface area contributed by atoms with E-state index in [1.54, 1.807) is 38.4 Å². The molecule has 1 rings (SSSR count). The van der Waals surface area contributed by atoms with Gasteiger partial charge in [0.25, 0.3) is 0 Å². The van der Waals surface area contributed by atoms with Crippen molar-refractivity contribution in [3.05, 3.63) is 27.8 Å². The molecule has 0 saturated carbocycles. The molecule has 0 amide bonds. The predicted molar refractivity (Wildman–Crippen MR) is 70.9 cm³/mol. The zero-order valence-corrected chi connectivity index (χ0v) is 12.2. The lowest BCUT2D eigenvalue weighted by molar-refractivity contribution is 0.185. The lowest BCUT2D eigenvalue weighted by Crippen LogP contribution is -2.30. The Bertz CT molecular complexity index is 430. The first-order valence-electron chi connectivity index (χ1n) is 4.69. The van der Waals surface area contributed by atoms with Gasteiger partial charge in [0.1, 0.15) is 0 Å². The fraction of sp³-hybridized carbons (Fsp3) is 0.400. The lowest BCUT2D eigenvalue weighted by Gasteiger charge is -2.16. The average molecular weight is 355 g/mol. The Hall–Kier alpha value is -0.180. The molecule has 0 aromatic heterocycles. The molecular formula is C10H14INO3S. The van der Waals surface area contributed by atoms with Gasteiger partial charge >= 0.3 is 0 Å². The summed E-state index contributed by atoms with van der Waals surface area (Å²) in [5.41, 5.74) is 0. The summed E-state index contributed by atoms with van der Waals surface area (Å²) >= 11 is 2.14. The summed E-state index contributed by atoms with van der Waals surface area (Å²) in [6.07, 6.45) is 0. The molecule has 0 saturated heterocycles. The summed E-state index contributed by atoms with van der Waals surface area (Å²) in [6, 6.07) is 6.77. The maximum Gasteiger partial charge on any atom is 0.242 e. The Morgan fingerprint density at radius 2 is 1.88 bits per heavy atom. The van der Waals surface area contributed by atoms with Gasteiger partial charge in [0.05, 0.1) is 11.5 Å². The van der Waals surface area contributed by atoms with Gasteiger partial charge in [0.15, 0.2) is 0 Å². The maximum atomic E-state index is 12.0. The minimum absolute atomic E-state index is 0.312. The Morgan fingerprint density at radius 1 is 1.31 bits per heavy atom. The SMILES string of the molecule is COCCN(C)S(=O)(=O)c1ccc(I)cc1. The van der Waals surface area contributed by atoms with E-state index in [1.807, 2.05) is 0 Å². The van der Waals surface area contributed by atoms with Crippen molar-refractivity contribution in [1.82, 2.24) is 4.31 Å². The van der Waals surface area contributed by atoms with Crippen LogP contribution in [0.25, 0.3) is 0 Å². The number of hydrogen-bond donors (Lipinski definition) is 0. The van der Waals surface area contributed by atoms with Crippen molar-refractivity contribution < 1.29 is 13.2 Å². The number of hydrogen-bond acceptors (Lipinski definition) is 3. The van der Waals surface area contributed by atoms with E-state index in [-0.39, 0.29) is 0 Å². The fourth-order valence-corrected chi connectivity index (χ4v) is 2.64. The van der Waals surface area contributed by atoms with E-state index in [0.717, 1.165) is 3.57 Å². The summed E-state index contributed by atoms with van der Waals surface area (Å²) in [5.74, 6) is 0. The fourth-order valence-electron chi connectivity index (χ4n) is 1.13. The maximum absolute atomic E-state index is 12.0. The van der Waals surface area contributed by atoms with E-state index < -0.39 is 10.0 Å². The summed E-state index contributed by atoms with van der Waals surface area (Å²) in [6.45, 7) is 0.741. The van der Waals surface area contributed by atoms with E-state index in [0.29, 0.717) is 18.0 Å². The van der Waals surface area contributed by atoms with Crippen molar-refractivity contribution in [3.8, 4) is 0 Å². The van der Waals surface area contributed by atoms with Crippen molar-refractivity contribution in [2.24, 2.45) is 0 Å². The highest BCUT2D eigenvalue weighted by Gasteiger charge is 2.19. The second-order valence-electron chi connectivity index (χ2n) is 3.27. The molecule has 0 unspecified atom stereocenters. The van der Waals surface area contributed by atoms with Gasteiger partial charge in [-0.2, -0.15) is 4.31 Å². The third-order valence-electron chi connectivity index (χ3n) is 2.13. The number of likely N-dealkylation sites (N-methyl/N-ethyl adjacent to an activating group) is 1. The molecule has 0 spiro atoms. The van der Waals surface area contributed by atoms with E-state index in [2.05, 4.69) is 22.6 Å². The quantitative estimate of drug-likeness (QED) is 0.754. The molecule has 0 aliphatic rings. The van der Waals surface area contributed by atoms with Crippen LogP contribution < -0.4 is 0 Å². The second-order valence-corrected chi connectivity index (χ2v) is 6.56. The standard InChI is InChI=1S/C10H14INO3S/c1-12(7-8-15-2)16(13,14)10-5-3-9(11)4-6-10/h3-6H,7-8H2,1-2H3. The first kappa shape index (κ1) is 13.9. The molecule has 1 aromatic carbocycles. The molecule has 6 heteroatoms. The Kier molecular flexibility index (Phi) is 5.16. The Labute approximate surface area is 110 Å². The Balaban J connectivity index is 2.89. The minimum atomic E-state index is -3.38. The highest BCUT2D eigenvalue weighted by Crippen LogP contribution is 2.15. The van der Waals surface area contributed by atoms with Crippen LogP contribution in [0.15, 0.2) is 29.2 Å². The highest BCUT2D eigenvalue weighted by molar-refractivity contribution is 14.1. The molecule has 0 atom stereocenters. The largest absolute Gasteiger partial charge is 0.383 e. The smallest absolute Gasteiger partial charge is 0.242 e. The van der Waals surface area contributed by atoms with Crippen LogP contribution in [-0.4, -0.2) is 40.0 Å². The van der Waals surface area contributed by atoms with Gasteiger partial charge < -0.3 is 4.74 Å². The molecular weight excluding hydrogens is 341 g/mol. The van der Waals surface area contributed by atoms with Crippen LogP contribution in [0.4, 0.5) is 0 Å². The number of nitrogens with zero attached hydrogens (tertiary/aromatic N) is 1. The number of methoxy groups -OCH3 is 1. The first-order valence-corrected chi connectivity index (χ1v) is 7.21. The summed E-state index contributed by atoms with van der Waals surface area (Å²) in [7, 11) is -0.283. The van der Waals surface area contributed by atoms with Crippen LogP contribution in [0.2, 0.25) is 0 Å². The van der Waals surface area contributed by atoms with E-state index in [1.165, 1.54) is 4.31 Å². The molecule has 0 fully saturated rings. The van der Waals surface area contributed by atoms with Gasteiger partial charge in [-0.3, -0.25) is 0 Å². The number of sulfonamides is 1. The molecule has 16 heavy (non-hydrogen) atoms. The molecule has 0 N–H and O–H groups in total. The van der Waals surface area contributed by atoms with Crippen LogP contribution in [0, 0.1) is 3.57 Å². The normalized spacial score (nSPS) is 12.0. The minimum Gasteiger partial charge on any atom is -0.383 e. The predicted octanol–water partition coefficient (Wildman–Crippen LogP) is 1.56. The zero-order chi connectivity index (χ0) is 12.2. The van der Waals surface area contributed by atoms with Crippen molar-refractivity contribution in [2.75, 3.05) is 27.3 Å². The van der Waals surface area contributed by atoms with Crippen LogP contribution >= 0.6 is 22.6 Å². The molecule has 0 bridgehead atoms. The van der Waals surface area contributed by atoms with Gasteiger partial charge in [0.2, 0.25) is 10.0 Å². The molecule has 90 valence electrons. The Morgan fingerprint density at radius 3 is 2.38 bits per heavy atom. The highest BCUT2D eigenvalue weighted by atomic mass is 127. The van der Waals surface area contributed by atoms with Crippen LogP contribution in [0.3, 0.4) is 0 Å². The van der Waals surface area contributed by atoms with Crippen LogP contribution in [0.1, 0.15) is 0 Å². The molecule has 0 heterocycles. The number of benzene rings is 1. The summed E-state index contributed by atoms with van der Waals surface area (Å²) < 4.78 is 31.2. The molecule has 0 aliphatic heterocycles. The third kappa shape index (κ3) is 3.41. The topological polar surface area (TPSA) is 46.6 Å². The van der Waals surface area contributed by atoms with Crippen LogP contribution in [0.5, 0.6) is 0 Å².